The van der Waals surface area contributed by atoms with Crippen LogP contribution in [0.25, 0.3) is 15.9 Å². The molecule has 0 N–H and O–H groups in total. The third-order valence-corrected chi connectivity index (χ3v) is 7.69. The average Bonchev–Trinajstić information content (AvgIpc) is 3.26. The van der Waals surface area contributed by atoms with Crippen LogP contribution in [-0.4, -0.2) is 15.3 Å². The molecule has 0 amide bonds. The minimum atomic E-state index is 0.113. The lowest BCUT2D eigenvalue weighted by Crippen LogP contribution is -2.22. The van der Waals surface area contributed by atoms with E-state index < -0.39 is 0 Å². The summed E-state index contributed by atoms with van der Waals surface area (Å²) in [6.07, 6.45) is 9.58. The fourth-order valence-electron chi connectivity index (χ4n) is 3.91. The van der Waals surface area contributed by atoms with Crippen LogP contribution in [0, 0.1) is 6.92 Å². The lowest BCUT2D eigenvalue weighted by atomic mass is 10.2. The van der Waals surface area contributed by atoms with E-state index in [2.05, 4.69) is 26.0 Å². The van der Waals surface area contributed by atoms with Crippen LogP contribution in [0.15, 0.2) is 34.2 Å². The molecule has 0 atom stereocenters. The van der Waals surface area contributed by atoms with E-state index in [1.807, 2.05) is 16.7 Å². The quantitative estimate of drug-likeness (QED) is 0.247. The molecular weight excluding hydrogens is 384 g/mol. The van der Waals surface area contributed by atoms with Gasteiger partial charge in [-0.15, -0.1) is 11.3 Å². The fraction of sp³-hybridized carbons (Fsp3) is 0.478. The number of unbranched alkanes of at least 4 members (excludes halogenated alkanes) is 4. The third kappa shape index (κ3) is 3.92. The topological polar surface area (TPSA) is 34.9 Å². The fourth-order valence-corrected chi connectivity index (χ4v) is 6.23. The molecule has 148 valence electrons. The van der Waals surface area contributed by atoms with E-state index in [-0.39, 0.29) is 5.56 Å². The summed E-state index contributed by atoms with van der Waals surface area (Å²) in [6.45, 7) is 4.32. The van der Waals surface area contributed by atoms with Gasteiger partial charge in [-0.1, -0.05) is 62.1 Å². The zero-order valence-electron chi connectivity index (χ0n) is 16.8. The highest BCUT2D eigenvalue weighted by atomic mass is 32.2. The predicted octanol–water partition coefficient (Wildman–Crippen LogP) is 6.31. The van der Waals surface area contributed by atoms with Crippen LogP contribution in [0.2, 0.25) is 0 Å². The standard InChI is InChI=1S/C23H28N2OS2/c1-3-4-5-6-7-15-27-23-24-21-20(18-9-8-10-19(18)28-21)22(26)25(23)17-13-11-16(2)12-14-17/h11-14H,3-10,15H2,1-2H3. The SMILES string of the molecule is CCCCCCCSc1nc2sc3c(c2c(=O)n1-c1ccc(C)cc1)CCC3. The van der Waals surface area contributed by atoms with Crippen molar-refractivity contribution in [2.45, 2.75) is 70.4 Å². The number of benzene rings is 1. The summed E-state index contributed by atoms with van der Waals surface area (Å²) in [7, 11) is 0. The van der Waals surface area contributed by atoms with Crippen molar-refractivity contribution in [2.75, 3.05) is 5.75 Å². The molecule has 0 radical (unpaired) electrons. The Balaban J connectivity index is 1.71. The summed E-state index contributed by atoms with van der Waals surface area (Å²) >= 11 is 3.47. The van der Waals surface area contributed by atoms with E-state index >= 15 is 0 Å². The van der Waals surface area contributed by atoms with Gasteiger partial charge < -0.3 is 0 Å². The highest BCUT2D eigenvalue weighted by Crippen LogP contribution is 2.36. The monoisotopic (exact) mass is 412 g/mol. The van der Waals surface area contributed by atoms with Crippen molar-refractivity contribution >= 4 is 33.3 Å². The highest BCUT2D eigenvalue weighted by Gasteiger charge is 2.23. The van der Waals surface area contributed by atoms with Crippen molar-refractivity contribution in [2.24, 2.45) is 0 Å². The summed E-state index contributed by atoms with van der Waals surface area (Å²) in [6, 6.07) is 8.23. The number of aryl methyl sites for hydroxylation is 3. The Kier molecular flexibility index (Phi) is 6.22. The second-order valence-electron chi connectivity index (χ2n) is 7.67. The van der Waals surface area contributed by atoms with Crippen molar-refractivity contribution in [1.82, 2.24) is 9.55 Å². The van der Waals surface area contributed by atoms with Gasteiger partial charge in [-0.05, 0) is 50.3 Å². The van der Waals surface area contributed by atoms with Crippen LogP contribution in [-0.2, 0) is 12.8 Å². The van der Waals surface area contributed by atoms with Crippen molar-refractivity contribution in [3.05, 3.63) is 50.6 Å². The Morgan fingerprint density at radius 2 is 1.89 bits per heavy atom. The number of aromatic nitrogens is 2. The molecule has 2 aromatic heterocycles. The van der Waals surface area contributed by atoms with Gasteiger partial charge in [-0.3, -0.25) is 9.36 Å². The molecule has 3 aromatic rings. The van der Waals surface area contributed by atoms with E-state index in [9.17, 15) is 4.79 Å². The molecule has 0 unspecified atom stereocenters. The van der Waals surface area contributed by atoms with E-state index in [4.69, 9.17) is 4.98 Å². The highest BCUT2D eigenvalue weighted by molar-refractivity contribution is 7.99. The van der Waals surface area contributed by atoms with Gasteiger partial charge in [0.2, 0.25) is 0 Å². The molecule has 3 nitrogen and oxygen atoms in total. The number of rotatable bonds is 8. The molecular formula is C23H28N2OS2. The first-order valence-corrected chi connectivity index (χ1v) is 12.3. The number of hydrogen-bond donors (Lipinski definition) is 0. The van der Waals surface area contributed by atoms with Crippen LogP contribution in [0.3, 0.4) is 0 Å². The Morgan fingerprint density at radius 3 is 2.68 bits per heavy atom. The number of thioether (sulfide) groups is 1. The zero-order chi connectivity index (χ0) is 19.5. The summed E-state index contributed by atoms with van der Waals surface area (Å²) in [5.74, 6) is 1.01. The molecule has 2 heterocycles. The van der Waals surface area contributed by atoms with Gasteiger partial charge in [0.1, 0.15) is 4.83 Å². The maximum absolute atomic E-state index is 13.5. The molecule has 4 rings (SSSR count). The number of nitrogens with zero attached hydrogens (tertiary/aromatic N) is 2. The first-order valence-electron chi connectivity index (χ1n) is 10.5. The average molecular weight is 413 g/mol. The number of thiophene rings is 1. The summed E-state index contributed by atoms with van der Waals surface area (Å²) < 4.78 is 1.85. The maximum Gasteiger partial charge on any atom is 0.267 e. The minimum Gasteiger partial charge on any atom is -0.268 e. The largest absolute Gasteiger partial charge is 0.268 e. The molecule has 28 heavy (non-hydrogen) atoms. The minimum absolute atomic E-state index is 0.113. The van der Waals surface area contributed by atoms with Crippen LogP contribution in [0.4, 0.5) is 0 Å². The predicted molar refractivity (Wildman–Crippen MR) is 121 cm³/mol. The molecule has 0 saturated carbocycles. The first kappa shape index (κ1) is 19.7. The van der Waals surface area contributed by atoms with Crippen molar-refractivity contribution < 1.29 is 0 Å². The lowest BCUT2D eigenvalue weighted by molar-refractivity contribution is 0.659. The van der Waals surface area contributed by atoms with Gasteiger partial charge in [-0.2, -0.15) is 0 Å². The van der Waals surface area contributed by atoms with Crippen LogP contribution >= 0.6 is 23.1 Å². The zero-order valence-corrected chi connectivity index (χ0v) is 18.4. The molecule has 1 aliphatic rings. The smallest absolute Gasteiger partial charge is 0.267 e. The Morgan fingerprint density at radius 1 is 1.11 bits per heavy atom. The lowest BCUT2D eigenvalue weighted by Gasteiger charge is -2.13. The van der Waals surface area contributed by atoms with Crippen LogP contribution < -0.4 is 5.56 Å². The van der Waals surface area contributed by atoms with E-state index in [1.54, 1.807) is 23.1 Å². The molecule has 0 saturated heterocycles. The Labute approximate surface area is 175 Å². The summed E-state index contributed by atoms with van der Waals surface area (Å²) in [5.41, 5.74) is 3.50. The van der Waals surface area contributed by atoms with Gasteiger partial charge in [0.15, 0.2) is 5.16 Å². The van der Waals surface area contributed by atoms with Crippen LogP contribution in [0.5, 0.6) is 0 Å². The van der Waals surface area contributed by atoms with Gasteiger partial charge in [0, 0.05) is 10.6 Å². The third-order valence-electron chi connectivity index (χ3n) is 5.48. The molecule has 0 bridgehead atoms. The molecule has 0 spiro atoms. The van der Waals surface area contributed by atoms with E-state index in [1.165, 1.54) is 48.1 Å². The normalized spacial score (nSPS) is 13.4. The van der Waals surface area contributed by atoms with Gasteiger partial charge in [-0.25, -0.2) is 4.98 Å². The Bertz CT molecular complexity index is 1020. The molecule has 0 fully saturated rings. The van der Waals surface area contributed by atoms with Crippen molar-refractivity contribution in [1.29, 1.82) is 0 Å². The summed E-state index contributed by atoms with van der Waals surface area (Å²) in [5, 5.41) is 1.71. The summed E-state index contributed by atoms with van der Waals surface area (Å²) in [4.78, 5) is 20.8. The molecule has 5 heteroatoms. The molecule has 1 aromatic carbocycles. The van der Waals surface area contributed by atoms with E-state index in [0.717, 1.165) is 46.1 Å². The second-order valence-corrected chi connectivity index (χ2v) is 9.82. The van der Waals surface area contributed by atoms with Crippen molar-refractivity contribution in [3.63, 3.8) is 0 Å². The van der Waals surface area contributed by atoms with Gasteiger partial charge >= 0.3 is 0 Å². The van der Waals surface area contributed by atoms with Crippen LogP contribution in [0.1, 0.15) is 61.5 Å². The second kappa shape index (κ2) is 8.83. The van der Waals surface area contributed by atoms with Crippen molar-refractivity contribution in [3.8, 4) is 5.69 Å². The molecule has 0 aliphatic heterocycles. The van der Waals surface area contributed by atoms with E-state index in [0.29, 0.717) is 0 Å². The maximum atomic E-state index is 13.5. The Hall–Kier alpha value is -1.59. The first-order chi connectivity index (χ1) is 13.7. The number of hydrogen-bond acceptors (Lipinski definition) is 4. The molecule has 1 aliphatic carbocycles. The number of fused-ring (bicyclic) bond motifs is 3. The van der Waals surface area contributed by atoms with Gasteiger partial charge in [0.05, 0.1) is 11.1 Å². The van der Waals surface area contributed by atoms with Gasteiger partial charge in [0.25, 0.3) is 5.56 Å².